The maximum Gasteiger partial charge on any atom is 0.264 e. The van der Waals surface area contributed by atoms with Crippen molar-refractivity contribution in [1.82, 2.24) is 4.72 Å². The van der Waals surface area contributed by atoms with Crippen LogP contribution in [0.4, 0.5) is 14.5 Å². The normalized spacial score (nSPS) is 29.2. The second-order valence-electron chi connectivity index (χ2n) is 9.51. The van der Waals surface area contributed by atoms with E-state index in [-0.39, 0.29) is 16.1 Å². The molecule has 10 heteroatoms. The summed E-state index contributed by atoms with van der Waals surface area (Å²) in [7, 11) is -8.08. The van der Waals surface area contributed by atoms with Gasteiger partial charge in [-0.15, -0.1) is 0 Å². The molecule has 0 atom stereocenters. The molecule has 0 unspecified atom stereocenters. The Morgan fingerprint density at radius 3 is 1.88 bits per heavy atom. The van der Waals surface area contributed by atoms with Gasteiger partial charge in [0.1, 0.15) is 16.5 Å². The molecule has 4 fully saturated rings. The van der Waals surface area contributed by atoms with Crippen LogP contribution in [0.15, 0.2) is 52.3 Å². The number of hydrogen-bond acceptors (Lipinski definition) is 4. The van der Waals surface area contributed by atoms with Gasteiger partial charge >= 0.3 is 0 Å². The van der Waals surface area contributed by atoms with Gasteiger partial charge in [-0.2, -0.15) is 0 Å². The Morgan fingerprint density at radius 1 is 0.781 bits per heavy atom. The van der Waals surface area contributed by atoms with E-state index >= 15 is 0 Å². The van der Waals surface area contributed by atoms with Crippen LogP contribution >= 0.6 is 0 Å². The smallest absolute Gasteiger partial charge is 0.264 e. The summed E-state index contributed by atoms with van der Waals surface area (Å²) in [6, 6.07) is 7.44. The molecule has 2 aromatic rings. The molecule has 0 spiro atoms. The Bertz CT molecular complexity index is 1230. The third kappa shape index (κ3) is 4.04. The van der Waals surface area contributed by atoms with Gasteiger partial charge in [0, 0.05) is 17.3 Å². The molecule has 0 radical (unpaired) electrons. The summed E-state index contributed by atoms with van der Waals surface area (Å²) in [5.74, 6) is -0.327. The summed E-state index contributed by atoms with van der Waals surface area (Å²) in [5.41, 5.74) is -0.309. The number of benzene rings is 2. The van der Waals surface area contributed by atoms with Crippen molar-refractivity contribution in [3.05, 3.63) is 54.1 Å². The van der Waals surface area contributed by atoms with Crippen molar-refractivity contribution in [3.63, 3.8) is 0 Å². The van der Waals surface area contributed by atoms with Crippen molar-refractivity contribution in [2.24, 2.45) is 17.8 Å². The first-order chi connectivity index (χ1) is 15.0. The van der Waals surface area contributed by atoms with E-state index in [1.165, 1.54) is 43.5 Å². The number of anilines is 1. The van der Waals surface area contributed by atoms with Crippen LogP contribution in [-0.4, -0.2) is 22.4 Å². The molecular formula is C22H24F2N2O4S2. The van der Waals surface area contributed by atoms with E-state index in [1.54, 1.807) is 0 Å². The van der Waals surface area contributed by atoms with Gasteiger partial charge in [0.15, 0.2) is 0 Å². The van der Waals surface area contributed by atoms with Crippen LogP contribution in [0, 0.1) is 29.4 Å². The van der Waals surface area contributed by atoms with Gasteiger partial charge in [-0.25, -0.2) is 30.3 Å². The molecule has 2 aromatic carbocycles. The highest BCUT2D eigenvalue weighted by Crippen LogP contribution is 2.56. The van der Waals surface area contributed by atoms with E-state index in [0.29, 0.717) is 23.8 Å². The largest absolute Gasteiger partial charge is 0.280 e. The van der Waals surface area contributed by atoms with E-state index in [0.717, 1.165) is 31.4 Å². The Kier molecular flexibility index (Phi) is 5.10. The zero-order chi connectivity index (χ0) is 22.7. The molecule has 0 aromatic heterocycles. The predicted molar refractivity (Wildman–Crippen MR) is 115 cm³/mol. The molecule has 4 aliphatic rings. The molecule has 32 heavy (non-hydrogen) atoms. The molecule has 6 nitrogen and oxygen atoms in total. The molecule has 0 aliphatic heterocycles. The van der Waals surface area contributed by atoms with Crippen LogP contribution in [0.25, 0.3) is 0 Å². The second kappa shape index (κ2) is 7.50. The standard InChI is InChI=1S/C22H24F2N2O4S2/c23-17-1-6-21(20(24)10-17)32(29,30)25-18-2-4-19(5-3-18)31(27,28)26-22-11-14-7-15(12-22)9-16(8-14)13-22/h1-6,10,14-16,25-26H,7-9,11-13H2. The number of halogens is 2. The highest BCUT2D eigenvalue weighted by Gasteiger charge is 2.52. The number of hydrogen-bond donors (Lipinski definition) is 2. The van der Waals surface area contributed by atoms with E-state index in [1.807, 2.05) is 0 Å². The molecule has 4 bridgehead atoms. The fourth-order valence-corrected chi connectivity index (χ4v) is 8.74. The van der Waals surface area contributed by atoms with Crippen LogP contribution < -0.4 is 9.44 Å². The van der Waals surface area contributed by atoms with E-state index in [2.05, 4.69) is 9.44 Å². The van der Waals surface area contributed by atoms with Crippen LogP contribution in [0.5, 0.6) is 0 Å². The first kappa shape index (κ1) is 21.8. The van der Waals surface area contributed by atoms with Crippen molar-refractivity contribution in [2.45, 2.75) is 53.9 Å². The summed E-state index contributed by atoms with van der Waals surface area (Å²) in [6.45, 7) is 0. The lowest BCUT2D eigenvalue weighted by molar-refractivity contribution is -0.00810. The van der Waals surface area contributed by atoms with Gasteiger partial charge in [-0.1, -0.05) is 0 Å². The lowest BCUT2D eigenvalue weighted by atomic mass is 9.53. The monoisotopic (exact) mass is 482 g/mol. The number of sulfonamides is 2. The minimum atomic E-state index is -4.30. The van der Waals surface area contributed by atoms with E-state index in [4.69, 9.17) is 0 Å². The minimum Gasteiger partial charge on any atom is -0.280 e. The van der Waals surface area contributed by atoms with E-state index < -0.39 is 36.6 Å². The average molecular weight is 483 g/mol. The highest BCUT2D eigenvalue weighted by atomic mass is 32.2. The zero-order valence-corrected chi connectivity index (χ0v) is 18.9. The SMILES string of the molecule is O=S(=O)(NC12CC3CC(CC(C3)C1)C2)c1ccc(NS(=O)(=O)c2ccc(F)cc2F)cc1. The van der Waals surface area contributed by atoms with Gasteiger partial charge in [-0.05, 0) is 92.7 Å². The molecule has 172 valence electrons. The van der Waals surface area contributed by atoms with Crippen molar-refractivity contribution in [2.75, 3.05) is 4.72 Å². The predicted octanol–water partition coefficient (Wildman–Crippen LogP) is 4.01. The van der Waals surface area contributed by atoms with Gasteiger partial charge < -0.3 is 0 Å². The Labute approximate surface area is 186 Å². The van der Waals surface area contributed by atoms with Crippen molar-refractivity contribution in [1.29, 1.82) is 0 Å². The van der Waals surface area contributed by atoms with Crippen LogP contribution in [-0.2, 0) is 20.0 Å². The van der Waals surface area contributed by atoms with Gasteiger partial charge in [0.05, 0.1) is 4.90 Å². The van der Waals surface area contributed by atoms with Gasteiger partial charge in [0.2, 0.25) is 10.0 Å². The summed E-state index contributed by atoms with van der Waals surface area (Å²) in [6.07, 6.45) is 6.22. The quantitative estimate of drug-likeness (QED) is 0.651. The summed E-state index contributed by atoms with van der Waals surface area (Å²) in [5, 5.41) is 0. The first-order valence-corrected chi connectivity index (χ1v) is 13.6. The first-order valence-electron chi connectivity index (χ1n) is 10.7. The minimum absolute atomic E-state index is 0.0455. The third-order valence-electron chi connectivity index (χ3n) is 6.99. The maximum atomic E-state index is 13.9. The summed E-state index contributed by atoms with van der Waals surface area (Å²) in [4.78, 5) is -0.650. The summed E-state index contributed by atoms with van der Waals surface area (Å²) >= 11 is 0. The molecule has 6 rings (SSSR count). The third-order valence-corrected chi connectivity index (χ3v) is 10.00. The maximum absolute atomic E-state index is 13.9. The van der Waals surface area contributed by atoms with Gasteiger partial charge in [-0.3, -0.25) is 4.72 Å². The number of nitrogens with one attached hydrogen (secondary N) is 2. The zero-order valence-electron chi connectivity index (χ0n) is 17.2. The molecule has 0 heterocycles. The molecular weight excluding hydrogens is 458 g/mol. The second-order valence-corrected chi connectivity index (χ2v) is 12.8. The van der Waals surface area contributed by atoms with Crippen LogP contribution in [0.2, 0.25) is 0 Å². The molecule has 0 amide bonds. The van der Waals surface area contributed by atoms with Crippen LogP contribution in [0.1, 0.15) is 38.5 Å². The Balaban J connectivity index is 1.33. The topological polar surface area (TPSA) is 92.3 Å². The Hall–Kier alpha value is -2.04. The van der Waals surface area contributed by atoms with Crippen molar-refractivity contribution < 1.29 is 25.6 Å². The molecule has 0 saturated heterocycles. The van der Waals surface area contributed by atoms with E-state index in [9.17, 15) is 25.6 Å². The summed E-state index contributed by atoms with van der Waals surface area (Å²) < 4.78 is 83.1. The van der Waals surface area contributed by atoms with Gasteiger partial charge in [0.25, 0.3) is 10.0 Å². The fraction of sp³-hybridized carbons (Fsp3) is 0.455. The van der Waals surface area contributed by atoms with Crippen molar-refractivity contribution in [3.8, 4) is 0 Å². The lowest BCUT2D eigenvalue weighted by Gasteiger charge is -2.56. The number of rotatable bonds is 6. The van der Waals surface area contributed by atoms with Crippen LogP contribution in [0.3, 0.4) is 0 Å². The van der Waals surface area contributed by atoms with Crippen molar-refractivity contribution >= 4 is 25.7 Å². The highest BCUT2D eigenvalue weighted by molar-refractivity contribution is 7.92. The molecule has 4 saturated carbocycles. The lowest BCUT2D eigenvalue weighted by Crippen LogP contribution is -2.59. The average Bonchev–Trinajstić information content (AvgIpc) is 2.65. The fourth-order valence-electron chi connectivity index (χ4n) is 6.19. The Morgan fingerprint density at radius 2 is 1.34 bits per heavy atom. The molecule has 2 N–H and O–H groups in total. The molecule has 4 aliphatic carbocycles.